The molecule has 0 aliphatic carbocycles. The van der Waals surface area contributed by atoms with E-state index in [0.29, 0.717) is 21.7 Å². The number of ether oxygens (including phenoxy) is 1. The van der Waals surface area contributed by atoms with Crippen LogP contribution in [0.5, 0.6) is 5.75 Å². The Bertz CT molecular complexity index is 1160. The second-order valence-corrected chi connectivity index (χ2v) is 10.7. The number of nitrogens with one attached hydrogen (secondary N) is 1. The summed E-state index contributed by atoms with van der Waals surface area (Å²) in [5, 5.41) is 3.62. The molecule has 2 atom stereocenters. The lowest BCUT2D eigenvalue weighted by molar-refractivity contribution is -0.143. The highest BCUT2D eigenvalue weighted by Crippen LogP contribution is 2.28. The average Bonchev–Trinajstić information content (AvgIpc) is 2.87. The molecule has 0 saturated carbocycles. The van der Waals surface area contributed by atoms with E-state index in [1.165, 1.54) is 0 Å². The molecule has 3 aromatic rings. The van der Waals surface area contributed by atoms with Gasteiger partial charge in [0.2, 0.25) is 5.91 Å². The van der Waals surface area contributed by atoms with Crippen LogP contribution in [0.15, 0.2) is 81.7 Å². The van der Waals surface area contributed by atoms with Crippen molar-refractivity contribution in [3.05, 3.63) is 97.9 Å². The van der Waals surface area contributed by atoms with Gasteiger partial charge in [0.15, 0.2) is 6.61 Å². The van der Waals surface area contributed by atoms with Crippen molar-refractivity contribution in [1.29, 1.82) is 0 Å². The van der Waals surface area contributed by atoms with Crippen molar-refractivity contribution in [3.63, 3.8) is 0 Å². The van der Waals surface area contributed by atoms with E-state index >= 15 is 0 Å². The first-order chi connectivity index (χ1) is 17.3. The molecule has 5 nitrogen and oxygen atoms in total. The van der Waals surface area contributed by atoms with Crippen LogP contribution in [-0.2, 0) is 22.6 Å². The van der Waals surface area contributed by atoms with Crippen molar-refractivity contribution in [1.82, 2.24) is 10.2 Å². The summed E-state index contributed by atoms with van der Waals surface area (Å²) in [6.07, 6.45) is 1.17. The lowest BCUT2D eigenvalue weighted by atomic mass is 10.0. The van der Waals surface area contributed by atoms with E-state index in [1.807, 2.05) is 68.4 Å². The van der Waals surface area contributed by atoms with Crippen LogP contribution in [0.3, 0.4) is 0 Å². The van der Waals surface area contributed by atoms with Gasteiger partial charge in [-0.05, 0) is 70.7 Å². The summed E-state index contributed by atoms with van der Waals surface area (Å²) in [7, 11) is 0. The smallest absolute Gasteiger partial charge is 0.261 e. The number of halogens is 3. The summed E-state index contributed by atoms with van der Waals surface area (Å²) in [6.45, 7) is 4.01. The Morgan fingerprint density at radius 1 is 1.00 bits per heavy atom. The molecule has 0 unspecified atom stereocenters. The summed E-state index contributed by atoms with van der Waals surface area (Å²) in [4.78, 5) is 28.7. The zero-order valence-corrected chi connectivity index (χ0v) is 24.1. The van der Waals surface area contributed by atoms with E-state index in [4.69, 9.17) is 16.3 Å². The predicted octanol–water partition coefficient (Wildman–Crippen LogP) is 6.80. The molecule has 190 valence electrons. The van der Waals surface area contributed by atoms with Gasteiger partial charge in [-0.25, -0.2) is 0 Å². The van der Waals surface area contributed by atoms with E-state index in [1.54, 1.807) is 23.1 Å². The van der Waals surface area contributed by atoms with E-state index in [0.717, 1.165) is 22.0 Å². The van der Waals surface area contributed by atoms with Gasteiger partial charge in [-0.3, -0.25) is 9.59 Å². The van der Waals surface area contributed by atoms with Gasteiger partial charge in [0.25, 0.3) is 5.91 Å². The number of carbonyl (C=O) groups is 2. The largest absolute Gasteiger partial charge is 0.483 e. The molecule has 0 aromatic heterocycles. The van der Waals surface area contributed by atoms with Crippen molar-refractivity contribution in [3.8, 4) is 5.75 Å². The molecule has 3 rings (SSSR count). The maximum absolute atomic E-state index is 13.6. The van der Waals surface area contributed by atoms with Crippen LogP contribution in [0, 0.1) is 0 Å². The van der Waals surface area contributed by atoms with Gasteiger partial charge in [0.1, 0.15) is 11.8 Å². The summed E-state index contributed by atoms with van der Waals surface area (Å²) >= 11 is 12.9. The maximum Gasteiger partial charge on any atom is 0.261 e. The Labute approximate surface area is 234 Å². The van der Waals surface area contributed by atoms with E-state index in [9.17, 15) is 9.59 Å². The highest BCUT2D eigenvalue weighted by molar-refractivity contribution is 9.10. The number of hydrogen-bond acceptors (Lipinski definition) is 3. The van der Waals surface area contributed by atoms with Gasteiger partial charge >= 0.3 is 0 Å². The number of benzene rings is 3. The van der Waals surface area contributed by atoms with Crippen LogP contribution in [0.2, 0.25) is 5.02 Å². The molecule has 8 heteroatoms. The maximum atomic E-state index is 13.6. The molecule has 0 aliphatic rings. The van der Waals surface area contributed by atoms with Crippen LogP contribution in [0.4, 0.5) is 0 Å². The Morgan fingerprint density at radius 3 is 2.33 bits per heavy atom. The van der Waals surface area contributed by atoms with Crippen molar-refractivity contribution in [2.24, 2.45) is 0 Å². The number of carbonyl (C=O) groups excluding carboxylic acids is 2. The monoisotopic (exact) mass is 634 g/mol. The predicted molar refractivity (Wildman–Crippen MR) is 151 cm³/mol. The minimum atomic E-state index is -0.713. The quantitative estimate of drug-likeness (QED) is 0.252. The van der Waals surface area contributed by atoms with Crippen molar-refractivity contribution >= 4 is 55.3 Å². The van der Waals surface area contributed by atoms with Gasteiger partial charge < -0.3 is 15.0 Å². The fourth-order valence-corrected chi connectivity index (χ4v) is 4.66. The first-order valence-corrected chi connectivity index (χ1v) is 13.7. The normalized spacial score (nSPS) is 12.5. The Balaban J connectivity index is 1.91. The standard InChI is InChI=1S/C28H29Br2ClN2O3/c1-3-19(2)32-28(35)25(15-20-7-5-4-6-8-20)33(17-21-9-11-22(29)12-10-21)27(34)18-36-26-14-13-23(31)16-24(26)30/h4-14,16,19,25H,3,15,17-18H2,1-2H3,(H,32,35)/t19-,25-/m0/s1. The lowest BCUT2D eigenvalue weighted by Gasteiger charge is -2.32. The Morgan fingerprint density at radius 2 is 1.69 bits per heavy atom. The Hall–Kier alpha value is -2.35. The molecule has 0 bridgehead atoms. The van der Waals surface area contributed by atoms with Crippen LogP contribution in [0.1, 0.15) is 31.4 Å². The summed E-state index contributed by atoms with van der Waals surface area (Å²) < 4.78 is 7.43. The molecule has 0 spiro atoms. The molecular weight excluding hydrogens is 608 g/mol. The molecule has 0 radical (unpaired) electrons. The van der Waals surface area contributed by atoms with Crippen molar-refractivity contribution in [2.75, 3.05) is 6.61 Å². The van der Waals surface area contributed by atoms with Crippen LogP contribution < -0.4 is 10.1 Å². The topological polar surface area (TPSA) is 58.6 Å². The molecule has 1 N–H and O–H groups in total. The van der Waals surface area contributed by atoms with Gasteiger partial charge in [0.05, 0.1) is 4.47 Å². The van der Waals surface area contributed by atoms with Gasteiger partial charge in [0, 0.05) is 28.5 Å². The lowest BCUT2D eigenvalue weighted by Crippen LogP contribution is -2.53. The van der Waals surface area contributed by atoms with Crippen molar-refractivity contribution in [2.45, 2.75) is 45.3 Å². The molecule has 36 heavy (non-hydrogen) atoms. The van der Waals surface area contributed by atoms with E-state index in [2.05, 4.69) is 37.2 Å². The van der Waals surface area contributed by atoms with Crippen molar-refractivity contribution < 1.29 is 14.3 Å². The molecule has 0 aliphatic heterocycles. The third-order valence-corrected chi connectivity index (χ3v) is 7.17. The second-order valence-electron chi connectivity index (χ2n) is 8.53. The average molecular weight is 637 g/mol. The summed E-state index contributed by atoms with van der Waals surface area (Å²) in [6, 6.07) is 21.8. The van der Waals surface area contributed by atoms with Crippen LogP contribution in [-0.4, -0.2) is 35.4 Å². The minimum Gasteiger partial charge on any atom is -0.483 e. The molecule has 0 heterocycles. The highest BCUT2D eigenvalue weighted by atomic mass is 79.9. The first kappa shape index (κ1) is 28.2. The SMILES string of the molecule is CC[C@H](C)NC(=O)[C@H](Cc1ccccc1)N(Cc1ccc(Br)cc1)C(=O)COc1ccc(Cl)cc1Br. The van der Waals surface area contributed by atoms with E-state index < -0.39 is 6.04 Å². The molecule has 2 amide bonds. The van der Waals surface area contributed by atoms with Crippen LogP contribution >= 0.6 is 43.5 Å². The number of hydrogen-bond donors (Lipinski definition) is 1. The summed E-state index contributed by atoms with van der Waals surface area (Å²) in [5.74, 6) is 0.0198. The molecule has 0 saturated heterocycles. The second kappa shape index (κ2) is 13.8. The fraction of sp³-hybridized carbons (Fsp3) is 0.286. The zero-order valence-electron chi connectivity index (χ0n) is 20.2. The first-order valence-electron chi connectivity index (χ1n) is 11.7. The molecule has 0 fully saturated rings. The minimum absolute atomic E-state index is 0.0123. The number of nitrogens with zero attached hydrogens (tertiary/aromatic N) is 1. The third kappa shape index (κ3) is 8.36. The van der Waals surface area contributed by atoms with E-state index in [-0.39, 0.29) is 31.0 Å². The van der Waals surface area contributed by atoms with Gasteiger partial charge in [-0.2, -0.15) is 0 Å². The number of rotatable bonds is 11. The molecule has 3 aromatic carbocycles. The summed E-state index contributed by atoms with van der Waals surface area (Å²) in [5.41, 5.74) is 1.88. The zero-order chi connectivity index (χ0) is 26.1. The van der Waals surface area contributed by atoms with Gasteiger partial charge in [-0.15, -0.1) is 0 Å². The van der Waals surface area contributed by atoms with Gasteiger partial charge in [-0.1, -0.05) is 76.9 Å². The Kier molecular flexibility index (Phi) is 10.8. The number of amides is 2. The highest BCUT2D eigenvalue weighted by Gasteiger charge is 2.31. The molecular formula is C28H29Br2ClN2O3. The fourth-order valence-electron chi connectivity index (χ4n) is 3.60. The van der Waals surface area contributed by atoms with Crippen LogP contribution in [0.25, 0.3) is 0 Å². The third-order valence-electron chi connectivity index (χ3n) is 5.78.